The maximum atomic E-state index is 11.9. The molecule has 2 rings (SSSR count). The Kier molecular flexibility index (Phi) is 7.35. The molecule has 0 aromatic heterocycles. The number of rotatable bonds is 8. The lowest BCUT2D eigenvalue weighted by Crippen LogP contribution is -2.21. The first-order valence-corrected chi connectivity index (χ1v) is 8.96. The Labute approximate surface area is 152 Å². The van der Waals surface area contributed by atoms with Crippen LogP contribution in [-0.4, -0.2) is 31.6 Å². The Hall–Kier alpha value is -2.47. The summed E-state index contributed by atoms with van der Waals surface area (Å²) in [5.74, 6) is 2.61. The number of nitrogens with zero attached hydrogens (tertiary/aromatic N) is 1. The molecule has 132 valence electrons. The molecule has 0 heterocycles. The molecule has 2 aromatic carbocycles. The molecule has 0 spiro atoms. The van der Waals surface area contributed by atoms with E-state index in [0.29, 0.717) is 5.75 Å². The highest BCUT2D eigenvalue weighted by molar-refractivity contribution is 7.99. The molecule has 0 radical (unpaired) electrons. The predicted molar refractivity (Wildman–Crippen MR) is 103 cm³/mol. The largest absolute Gasteiger partial charge is 0.497 e. The normalized spacial score (nSPS) is 11.1. The summed E-state index contributed by atoms with van der Waals surface area (Å²) in [6.07, 6.45) is 0. The van der Waals surface area contributed by atoms with Crippen LogP contribution in [0.25, 0.3) is 0 Å². The van der Waals surface area contributed by atoms with E-state index < -0.39 is 0 Å². The Bertz CT molecular complexity index is 712. The molecule has 0 saturated heterocycles. The van der Waals surface area contributed by atoms with Gasteiger partial charge in [-0.15, -0.1) is 11.8 Å². The molecule has 0 aliphatic carbocycles. The number of ether oxygens (including phenoxy) is 2. The van der Waals surface area contributed by atoms with Gasteiger partial charge < -0.3 is 9.47 Å². The van der Waals surface area contributed by atoms with Crippen molar-refractivity contribution in [3.8, 4) is 11.5 Å². The van der Waals surface area contributed by atoms with Crippen molar-refractivity contribution >= 4 is 23.4 Å². The van der Waals surface area contributed by atoms with Crippen LogP contribution in [0.3, 0.4) is 0 Å². The third kappa shape index (κ3) is 6.15. The third-order valence-corrected chi connectivity index (χ3v) is 4.52. The van der Waals surface area contributed by atoms with Crippen LogP contribution in [0.1, 0.15) is 18.1 Å². The topological polar surface area (TPSA) is 59.9 Å². The van der Waals surface area contributed by atoms with Crippen LogP contribution in [-0.2, 0) is 10.5 Å². The van der Waals surface area contributed by atoms with Crippen molar-refractivity contribution < 1.29 is 14.3 Å². The highest BCUT2D eigenvalue weighted by Gasteiger charge is 2.03. The molecule has 0 atom stereocenters. The Morgan fingerprint density at radius 2 is 1.56 bits per heavy atom. The van der Waals surface area contributed by atoms with Crippen LogP contribution in [0.2, 0.25) is 0 Å². The SMILES string of the molecule is COc1ccc(CSCC(=O)NN=C(C)c2ccc(OC)cc2)cc1. The van der Waals surface area contributed by atoms with Gasteiger partial charge in [0, 0.05) is 5.75 Å². The molecule has 0 bridgehead atoms. The molecule has 5 nitrogen and oxygen atoms in total. The second-order valence-corrected chi connectivity index (χ2v) is 6.29. The summed E-state index contributed by atoms with van der Waals surface area (Å²) in [5.41, 5.74) is 5.42. The number of amides is 1. The van der Waals surface area contributed by atoms with Crippen LogP contribution >= 0.6 is 11.8 Å². The number of nitrogens with one attached hydrogen (secondary N) is 1. The van der Waals surface area contributed by atoms with Crippen molar-refractivity contribution in [3.05, 3.63) is 59.7 Å². The van der Waals surface area contributed by atoms with Gasteiger partial charge in [-0.25, -0.2) is 5.43 Å². The minimum absolute atomic E-state index is 0.119. The van der Waals surface area contributed by atoms with E-state index in [4.69, 9.17) is 9.47 Å². The number of thioether (sulfide) groups is 1. The summed E-state index contributed by atoms with van der Waals surface area (Å²) >= 11 is 1.54. The molecule has 6 heteroatoms. The fraction of sp³-hybridized carbons (Fsp3) is 0.263. The maximum absolute atomic E-state index is 11.9. The lowest BCUT2D eigenvalue weighted by Gasteiger charge is -2.05. The van der Waals surface area contributed by atoms with E-state index in [9.17, 15) is 4.79 Å². The summed E-state index contributed by atoms with van der Waals surface area (Å²) in [4.78, 5) is 11.9. The predicted octanol–water partition coefficient (Wildman–Crippen LogP) is 3.48. The van der Waals surface area contributed by atoms with E-state index in [1.54, 1.807) is 26.0 Å². The third-order valence-electron chi connectivity index (χ3n) is 3.52. The van der Waals surface area contributed by atoms with Gasteiger partial charge in [-0.1, -0.05) is 12.1 Å². The molecular formula is C19H22N2O3S. The number of methoxy groups -OCH3 is 2. The Balaban J connectivity index is 1.76. The monoisotopic (exact) mass is 358 g/mol. The van der Waals surface area contributed by atoms with E-state index in [1.807, 2.05) is 55.5 Å². The summed E-state index contributed by atoms with van der Waals surface area (Å²) in [6, 6.07) is 15.4. The second kappa shape index (κ2) is 9.74. The number of hydrogen-bond acceptors (Lipinski definition) is 5. The van der Waals surface area contributed by atoms with Gasteiger partial charge in [-0.05, 0) is 54.4 Å². The van der Waals surface area contributed by atoms with Gasteiger partial charge in [-0.2, -0.15) is 5.10 Å². The summed E-state index contributed by atoms with van der Waals surface area (Å²) < 4.78 is 10.2. The molecule has 1 amide bonds. The molecule has 0 aliphatic heterocycles. The second-order valence-electron chi connectivity index (χ2n) is 5.30. The Morgan fingerprint density at radius 3 is 2.12 bits per heavy atom. The lowest BCUT2D eigenvalue weighted by molar-refractivity contribution is -0.118. The number of carbonyl (C=O) groups is 1. The molecule has 0 saturated carbocycles. The first-order valence-electron chi connectivity index (χ1n) is 7.80. The van der Waals surface area contributed by atoms with Gasteiger partial charge in [-0.3, -0.25) is 4.79 Å². The van der Waals surface area contributed by atoms with E-state index in [0.717, 1.165) is 34.1 Å². The van der Waals surface area contributed by atoms with E-state index >= 15 is 0 Å². The van der Waals surface area contributed by atoms with Crippen molar-refractivity contribution in [2.75, 3.05) is 20.0 Å². The van der Waals surface area contributed by atoms with Crippen LogP contribution in [0.15, 0.2) is 53.6 Å². The van der Waals surface area contributed by atoms with E-state index in [-0.39, 0.29) is 5.91 Å². The molecule has 0 fully saturated rings. The van der Waals surface area contributed by atoms with E-state index in [2.05, 4.69) is 10.5 Å². The van der Waals surface area contributed by atoms with Crippen molar-refractivity contribution in [2.24, 2.45) is 5.10 Å². The first-order chi connectivity index (χ1) is 12.1. The molecule has 1 N–H and O–H groups in total. The fourth-order valence-corrected chi connectivity index (χ4v) is 2.84. The van der Waals surface area contributed by atoms with Crippen molar-refractivity contribution in [2.45, 2.75) is 12.7 Å². The smallest absolute Gasteiger partial charge is 0.250 e. The Morgan fingerprint density at radius 1 is 1.00 bits per heavy atom. The van der Waals surface area contributed by atoms with Crippen LogP contribution in [0.5, 0.6) is 11.5 Å². The summed E-state index contributed by atoms with van der Waals surface area (Å²) in [5, 5.41) is 4.14. The molecule has 0 unspecified atom stereocenters. The summed E-state index contributed by atoms with van der Waals surface area (Å²) in [7, 11) is 3.27. The van der Waals surface area contributed by atoms with Gasteiger partial charge in [0.2, 0.25) is 5.91 Å². The number of carbonyl (C=O) groups excluding carboxylic acids is 1. The number of hydrazone groups is 1. The molecular weight excluding hydrogens is 336 g/mol. The van der Waals surface area contributed by atoms with Gasteiger partial charge in [0.1, 0.15) is 11.5 Å². The zero-order chi connectivity index (χ0) is 18.1. The highest BCUT2D eigenvalue weighted by Crippen LogP contribution is 2.16. The van der Waals surface area contributed by atoms with Crippen molar-refractivity contribution in [1.82, 2.24) is 5.43 Å². The molecule has 2 aromatic rings. The molecule has 25 heavy (non-hydrogen) atoms. The van der Waals surface area contributed by atoms with Gasteiger partial charge in [0.15, 0.2) is 0 Å². The maximum Gasteiger partial charge on any atom is 0.250 e. The van der Waals surface area contributed by atoms with Crippen LogP contribution in [0.4, 0.5) is 0 Å². The zero-order valence-corrected chi connectivity index (χ0v) is 15.4. The van der Waals surface area contributed by atoms with Crippen molar-refractivity contribution in [1.29, 1.82) is 0 Å². The van der Waals surface area contributed by atoms with E-state index in [1.165, 1.54) is 0 Å². The zero-order valence-electron chi connectivity index (χ0n) is 14.6. The lowest BCUT2D eigenvalue weighted by atomic mass is 10.1. The minimum Gasteiger partial charge on any atom is -0.497 e. The van der Waals surface area contributed by atoms with Gasteiger partial charge in [0.25, 0.3) is 0 Å². The quantitative estimate of drug-likeness (QED) is 0.580. The van der Waals surface area contributed by atoms with Gasteiger partial charge >= 0.3 is 0 Å². The first kappa shape index (κ1) is 18.9. The highest BCUT2D eigenvalue weighted by atomic mass is 32.2. The van der Waals surface area contributed by atoms with Gasteiger partial charge in [0.05, 0.1) is 25.7 Å². The average molecular weight is 358 g/mol. The van der Waals surface area contributed by atoms with Crippen molar-refractivity contribution in [3.63, 3.8) is 0 Å². The standard InChI is InChI=1S/C19H22N2O3S/c1-14(16-6-10-18(24-3)11-7-16)20-21-19(22)13-25-12-15-4-8-17(23-2)9-5-15/h4-11H,12-13H2,1-3H3,(H,21,22). The molecule has 0 aliphatic rings. The average Bonchev–Trinajstić information content (AvgIpc) is 2.66. The van der Waals surface area contributed by atoms with Crippen LogP contribution < -0.4 is 14.9 Å². The fourth-order valence-electron chi connectivity index (χ4n) is 2.06. The number of benzene rings is 2. The summed E-state index contributed by atoms with van der Waals surface area (Å²) in [6.45, 7) is 1.85. The minimum atomic E-state index is -0.119. The van der Waals surface area contributed by atoms with Crippen LogP contribution in [0, 0.1) is 0 Å². The number of hydrogen-bond donors (Lipinski definition) is 1.